The van der Waals surface area contributed by atoms with Crippen molar-refractivity contribution in [3.05, 3.63) is 12.1 Å². The average Bonchev–Trinajstić information content (AvgIpc) is 2.77. The van der Waals surface area contributed by atoms with Crippen molar-refractivity contribution in [2.75, 3.05) is 17.7 Å². The molecule has 2 aromatic rings. The lowest BCUT2D eigenvalue weighted by Crippen LogP contribution is -2.28. The van der Waals surface area contributed by atoms with E-state index in [1.807, 2.05) is 19.2 Å². The largest absolute Gasteiger partial charge is 0.397 e. The number of anilines is 2. The molecule has 2 rings (SSSR count). The summed E-state index contributed by atoms with van der Waals surface area (Å²) in [6.07, 6.45) is 1.06. The first-order valence-electron chi connectivity index (χ1n) is 5.38. The predicted molar refractivity (Wildman–Crippen MR) is 64.4 cm³/mol. The number of nitrogens with two attached hydrogens (primary N) is 1. The van der Waals surface area contributed by atoms with Gasteiger partial charge in [-0.25, -0.2) is 4.63 Å². The Morgan fingerprint density at radius 3 is 2.75 bits per heavy atom. The average molecular weight is 220 g/mol. The van der Waals surface area contributed by atoms with Gasteiger partial charge in [0.05, 0.1) is 11.4 Å². The molecule has 5 nitrogen and oxygen atoms in total. The van der Waals surface area contributed by atoms with E-state index >= 15 is 0 Å². The lowest BCUT2D eigenvalue weighted by atomic mass is 10.1. The van der Waals surface area contributed by atoms with Crippen molar-refractivity contribution in [1.82, 2.24) is 10.3 Å². The van der Waals surface area contributed by atoms with E-state index in [1.54, 1.807) is 0 Å². The Hall–Kier alpha value is -1.78. The van der Waals surface area contributed by atoms with Gasteiger partial charge in [-0.15, -0.1) is 0 Å². The topological polar surface area (TPSA) is 68.2 Å². The Bertz CT molecular complexity index is 494. The Balaban J connectivity index is 2.52. The molecule has 0 saturated carbocycles. The molecule has 2 N–H and O–H groups in total. The summed E-state index contributed by atoms with van der Waals surface area (Å²) in [5.41, 5.74) is 8.75. The second-order valence-corrected chi connectivity index (χ2v) is 4.00. The molecule has 86 valence electrons. The van der Waals surface area contributed by atoms with Gasteiger partial charge >= 0.3 is 0 Å². The summed E-state index contributed by atoms with van der Waals surface area (Å²) in [5.74, 6) is 0. The van der Waals surface area contributed by atoms with Crippen LogP contribution >= 0.6 is 0 Å². The molecule has 0 fully saturated rings. The van der Waals surface area contributed by atoms with E-state index < -0.39 is 0 Å². The van der Waals surface area contributed by atoms with Gasteiger partial charge in [0.15, 0.2) is 11.0 Å². The lowest BCUT2D eigenvalue weighted by Gasteiger charge is -2.25. The number of nitrogens with zero attached hydrogens (tertiary/aromatic N) is 3. The molecule has 0 spiro atoms. The van der Waals surface area contributed by atoms with Crippen LogP contribution in [0.2, 0.25) is 0 Å². The van der Waals surface area contributed by atoms with E-state index in [0.717, 1.165) is 17.6 Å². The molecule has 1 aromatic heterocycles. The number of rotatable bonds is 3. The van der Waals surface area contributed by atoms with Crippen LogP contribution in [0.25, 0.3) is 11.0 Å². The molecule has 0 aliphatic rings. The van der Waals surface area contributed by atoms with Crippen molar-refractivity contribution in [2.24, 2.45) is 0 Å². The fourth-order valence-corrected chi connectivity index (χ4v) is 1.67. The maximum absolute atomic E-state index is 5.80. The number of benzene rings is 1. The van der Waals surface area contributed by atoms with E-state index in [0.29, 0.717) is 17.2 Å². The van der Waals surface area contributed by atoms with Gasteiger partial charge in [-0.3, -0.25) is 0 Å². The Morgan fingerprint density at radius 1 is 1.38 bits per heavy atom. The molecule has 1 unspecified atom stereocenters. The van der Waals surface area contributed by atoms with E-state index in [1.165, 1.54) is 0 Å². The molecular formula is C11H16N4O. The van der Waals surface area contributed by atoms with Crippen LogP contribution in [0, 0.1) is 0 Å². The van der Waals surface area contributed by atoms with Crippen molar-refractivity contribution in [1.29, 1.82) is 0 Å². The maximum Gasteiger partial charge on any atom is 0.160 e. The number of hydrogen-bond donors (Lipinski definition) is 1. The molecule has 1 aromatic carbocycles. The summed E-state index contributed by atoms with van der Waals surface area (Å²) in [5, 5.41) is 7.72. The zero-order chi connectivity index (χ0) is 11.7. The number of nitrogen functional groups attached to an aromatic ring is 1. The van der Waals surface area contributed by atoms with Crippen molar-refractivity contribution < 1.29 is 4.63 Å². The predicted octanol–water partition coefficient (Wildman–Crippen LogP) is 2.04. The Morgan fingerprint density at radius 2 is 2.06 bits per heavy atom. The lowest BCUT2D eigenvalue weighted by molar-refractivity contribution is 0.315. The molecule has 0 radical (unpaired) electrons. The summed E-state index contributed by atoms with van der Waals surface area (Å²) in [6.45, 7) is 4.31. The highest BCUT2D eigenvalue weighted by molar-refractivity contribution is 5.95. The van der Waals surface area contributed by atoms with Crippen molar-refractivity contribution in [2.45, 2.75) is 26.3 Å². The molecule has 1 atom stereocenters. The molecule has 0 aliphatic carbocycles. The quantitative estimate of drug-likeness (QED) is 0.802. The monoisotopic (exact) mass is 220 g/mol. The molecule has 0 amide bonds. The summed E-state index contributed by atoms with van der Waals surface area (Å²) >= 11 is 0. The van der Waals surface area contributed by atoms with Crippen LogP contribution in [0.15, 0.2) is 16.8 Å². The summed E-state index contributed by atoms with van der Waals surface area (Å²) < 4.78 is 4.74. The number of hydrogen-bond acceptors (Lipinski definition) is 5. The van der Waals surface area contributed by atoms with E-state index in [9.17, 15) is 0 Å². The van der Waals surface area contributed by atoms with E-state index in [4.69, 9.17) is 10.4 Å². The third-order valence-corrected chi connectivity index (χ3v) is 3.06. The van der Waals surface area contributed by atoms with Gasteiger partial charge in [0.1, 0.15) is 0 Å². The minimum atomic E-state index is 0.434. The zero-order valence-corrected chi connectivity index (χ0v) is 9.77. The normalized spacial score (nSPS) is 12.9. The second-order valence-electron chi connectivity index (χ2n) is 4.00. The minimum absolute atomic E-state index is 0.434. The van der Waals surface area contributed by atoms with Gasteiger partial charge < -0.3 is 10.6 Å². The highest BCUT2D eigenvalue weighted by Crippen LogP contribution is 2.28. The maximum atomic E-state index is 5.80. The molecule has 16 heavy (non-hydrogen) atoms. The second kappa shape index (κ2) is 4.00. The first kappa shape index (κ1) is 10.7. The first-order valence-corrected chi connectivity index (χ1v) is 5.38. The molecule has 5 heteroatoms. The molecule has 1 heterocycles. The Labute approximate surface area is 94.2 Å². The fourth-order valence-electron chi connectivity index (χ4n) is 1.67. The Kier molecular flexibility index (Phi) is 2.68. The number of aromatic nitrogens is 2. The van der Waals surface area contributed by atoms with Gasteiger partial charge in [-0.2, -0.15) is 0 Å². The van der Waals surface area contributed by atoms with Gasteiger partial charge in [0.2, 0.25) is 0 Å². The molecule has 0 bridgehead atoms. The smallest absolute Gasteiger partial charge is 0.160 e. The summed E-state index contributed by atoms with van der Waals surface area (Å²) in [6, 6.07) is 4.22. The van der Waals surface area contributed by atoms with Gasteiger partial charge in [0.25, 0.3) is 0 Å². The highest BCUT2D eigenvalue weighted by atomic mass is 16.6. The number of fused-ring (bicyclic) bond motifs is 1. The van der Waals surface area contributed by atoms with Crippen LogP contribution in [-0.4, -0.2) is 23.4 Å². The van der Waals surface area contributed by atoms with Crippen LogP contribution in [0.5, 0.6) is 0 Å². The fraction of sp³-hybridized carbons (Fsp3) is 0.455. The summed E-state index contributed by atoms with van der Waals surface area (Å²) in [4.78, 5) is 2.16. The van der Waals surface area contributed by atoms with Crippen LogP contribution in [0.1, 0.15) is 20.3 Å². The minimum Gasteiger partial charge on any atom is -0.397 e. The van der Waals surface area contributed by atoms with Crippen LogP contribution in [0.3, 0.4) is 0 Å². The van der Waals surface area contributed by atoms with Crippen molar-refractivity contribution >= 4 is 22.4 Å². The SMILES string of the molecule is CCC(C)N(C)c1ccc(N)c2nonc12. The highest BCUT2D eigenvalue weighted by Gasteiger charge is 2.15. The van der Waals surface area contributed by atoms with Crippen molar-refractivity contribution in [3.8, 4) is 0 Å². The van der Waals surface area contributed by atoms with Crippen LogP contribution in [-0.2, 0) is 0 Å². The van der Waals surface area contributed by atoms with Gasteiger partial charge in [-0.05, 0) is 35.8 Å². The van der Waals surface area contributed by atoms with E-state index in [2.05, 4.69) is 29.1 Å². The van der Waals surface area contributed by atoms with Gasteiger partial charge in [-0.1, -0.05) is 6.92 Å². The van der Waals surface area contributed by atoms with E-state index in [-0.39, 0.29) is 0 Å². The molecule has 0 aliphatic heterocycles. The van der Waals surface area contributed by atoms with Gasteiger partial charge in [0, 0.05) is 13.1 Å². The molecular weight excluding hydrogens is 204 g/mol. The first-order chi connectivity index (χ1) is 7.65. The standard InChI is InChI=1S/C11H16N4O/c1-4-7(2)15(3)9-6-5-8(12)10-11(9)14-16-13-10/h5-7H,4,12H2,1-3H3. The zero-order valence-electron chi connectivity index (χ0n) is 9.77. The van der Waals surface area contributed by atoms with Crippen LogP contribution < -0.4 is 10.6 Å². The third-order valence-electron chi connectivity index (χ3n) is 3.06. The summed E-state index contributed by atoms with van der Waals surface area (Å²) in [7, 11) is 2.04. The van der Waals surface area contributed by atoms with Crippen LogP contribution in [0.4, 0.5) is 11.4 Å². The third kappa shape index (κ3) is 1.58. The van der Waals surface area contributed by atoms with Crippen molar-refractivity contribution in [3.63, 3.8) is 0 Å². The molecule has 0 saturated heterocycles.